The van der Waals surface area contributed by atoms with Crippen LogP contribution in [0.25, 0.3) is 0 Å². The van der Waals surface area contributed by atoms with Crippen molar-refractivity contribution in [3.8, 4) is 0 Å². The number of nitrogens with zero attached hydrogens (tertiary/aromatic N) is 15. The summed E-state index contributed by atoms with van der Waals surface area (Å²) in [6, 6.07) is 0. The first-order chi connectivity index (χ1) is 46.9. The largest absolute Gasteiger partial charge is 0.252 e. The molecule has 568 valence electrons. The van der Waals surface area contributed by atoms with E-state index in [0.717, 1.165) is 135 Å². The molecular weight excluding hydrogens is 1210 g/mol. The number of rotatable bonds is 53. The van der Waals surface area contributed by atoms with Crippen molar-refractivity contribution < 1.29 is 0 Å². The van der Waals surface area contributed by atoms with E-state index in [2.05, 4.69) is 216 Å². The highest BCUT2D eigenvalue weighted by Crippen LogP contribution is 2.18. The summed E-state index contributed by atoms with van der Waals surface area (Å²) in [5.74, 6) is 8.15. The summed E-state index contributed by atoms with van der Waals surface area (Å²) in [5.41, 5.74) is 6.27. The van der Waals surface area contributed by atoms with Crippen LogP contribution in [-0.4, -0.2) is 75.0 Å². The first-order valence-electron chi connectivity index (χ1n) is 41.3. The predicted molar refractivity (Wildman–Crippen MR) is 419 cm³/mol. The van der Waals surface area contributed by atoms with Gasteiger partial charge in [0.05, 0.1) is 47.1 Å². The maximum absolute atomic E-state index is 4.26. The Bertz CT molecular complexity index is 2330. The molecule has 0 aliphatic rings. The summed E-state index contributed by atoms with van der Waals surface area (Å²) >= 11 is 0. The molecule has 5 rings (SSSR count). The van der Waals surface area contributed by atoms with Gasteiger partial charge in [-0.2, -0.15) is 0 Å². The number of aromatic nitrogens is 15. The third kappa shape index (κ3) is 55.4. The third-order valence-electron chi connectivity index (χ3n) is 18.4. The Morgan fingerprint density at radius 3 is 0.796 bits per heavy atom. The molecule has 0 saturated heterocycles. The van der Waals surface area contributed by atoms with Crippen LogP contribution < -0.4 is 0 Å². The molecule has 5 aromatic heterocycles. The minimum Gasteiger partial charge on any atom is -0.252 e. The van der Waals surface area contributed by atoms with Crippen molar-refractivity contribution in [1.29, 1.82) is 0 Å². The second-order valence-corrected chi connectivity index (χ2v) is 33.5. The maximum atomic E-state index is 4.26. The fourth-order valence-corrected chi connectivity index (χ4v) is 12.1. The average molecular weight is 1370 g/mol. The molecule has 0 N–H and O–H groups in total. The van der Waals surface area contributed by atoms with Gasteiger partial charge in [-0.05, 0) is 175 Å². The fourth-order valence-electron chi connectivity index (χ4n) is 12.1. The summed E-state index contributed by atoms with van der Waals surface area (Å²) in [6.07, 6.45) is 58.7. The van der Waals surface area contributed by atoms with E-state index in [1.165, 1.54) is 229 Å². The van der Waals surface area contributed by atoms with E-state index < -0.39 is 0 Å². The monoisotopic (exact) mass is 1370 g/mol. The highest BCUT2D eigenvalue weighted by molar-refractivity contribution is 4.96. The van der Waals surface area contributed by atoms with E-state index in [0.29, 0.717) is 0 Å². The van der Waals surface area contributed by atoms with Crippen molar-refractivity contribution in [2.24, 2.45) is 59.2 Å². The van der Waals surface area contributed by atoms with Crippen molar-refractivity contribution in [2.45, 2.75) is 415 Å². The molecule has 0 bridgehead atoms. The lowest BCUT2D eigenvalue weighted by molar-refractivity contribution is 0.468. The van der Waals surface area contributed by atoms with E-state index in [-0.39, 0.29) is 0 Å². The minimum absolute atomic E-state index is 0.780. The molecule has 98 heavy (non-hydrogen) atoms. The summed E-state index contributed by atoms with van der Waals surface area (Å²) in [7, 11) is 0. The van der Waals surface area contributed by atoms with Gasteiger partial charge in [0.25, 0.3) is 0 Å². The molecule has 0 radical (unpaired) electrons. The molecule has 0 atom stereocenters. The van der Waals surface area contributed by atoms with Crippen LogP contribution in [0.5, 0.6) is 0 Å². The molecule has 0 aromatic carbocycles. The molecule has 0 unspecified atom stereocenters. The summed E-state index contributed by atoms with van der Waals surface area (Å²) < 4.78 is 10.4. The average Bonchev–Trinajstić information content (AvgIpc) is 2.06. The van der Waals surface area contributed by atoms with Gasteiger partial charge < -0.3 is 0 Å². The molecule has 0 fully saturated rings. The third-order valence-corrected chi connectivity index (χ3v) is 18.4. The molecule has 15 nitrogen and oxygen atoms in total. The van der Waals surface area contributed by atoms with Crippen molar-refractivity contribution in [1.82, 2.24) is 75.0 Å². The zero-order valence-corrected chi connectivity index (χ0v) is 68.3. The van der Waals surface area contributed by atoms with E-state index >= 15 is 0 Å². The van der Waals surface area contributed by atoms with Crippen LogP contribution in [0.1, 0.15) is 379 Å². The van der Waals surface area contributed by atoms with E-state index in [1.54, 1.807) is 0 Å². The van der Waals surface area contributed by atoms with Gasteiger partial charge >= 0.3 is 0 Å². The van der Waals surface area contributed by atoms with Crippen LogP contribution in [0.3, 0.4) is 0 Å². The highest BCUT2D eigenvalue weighted by Gasteiger charge is 2.10. The van der Waals surface area contributed by atoms with Crippen LogP contribution in [0.15, 0.2) is 31.0 Å². The number of hydrogen-bond donors (Lipinski definition) is 0. The normalized spacial score (nSPS) is 11.7. The van der Waals surface area contributed by atoms with E-state index in [4.69, 9.17) is 0 Å². The molecule has 0 spiro atoms. The highest BCUT2D eigenvalue weighted by atomic mass is 15.4. The van der Waals surface area contributed by atoms with E-state index in [9.17, 15) is 0 Å². The van der Waals surface area contributed by atoms with Gasteiger partial charge in [-0.3, -0.25) is 9.36 Å². The summed E-state index contributed by atoms with van der Waals surface area (Å²) in [6.45, 7) is 50.9. The number of hydrogen-bond acceptors (Lipinski definition) is 10. The molecule has 5 aromatic rings. The van der Waals surface area contributed by atoms with Crippen LogP contribution in [0.4, 0.5) is 0 Å². The summed E-state index contributed by atoms with van der Waals surface area (Å²) in [5, 5.41) is 41.8. The quantitative estimate of drug-likeness (QED) is 0.0344. The Hall–Kier alpha value is -4.30. The van der Waals surface area contributed by atoms with Crippen LogP contribution in [0, 0.1) is 59.2 Å². The van der Waals surface area contributed by atoms with Crippen molar-refractivity contribution >= 4 is 0 Å². The zero-order valence-electron chi connectivity index (χ0n) is 68.3. The zero-order chi connectivity index (χ0) is 72.6. The lowest BCUT2D eigenvalue weighted by Gasteiger charge is -2.08. The van der Waals surface area contributed by atoms with Gasteiger partial charge in [0.2, 0.25) is 0 Å². The van der Waals surface area contributed by atoms with Gasteiger partial charge in [-0.15, -0.1) is 25.5 Å². The Balaban J connectivity index is 0.000000613. The van der Waals surface area contributed by atoms with Crippen LogP contribution >= 0.6 is 0 Å². The molecule has 0 amide bonds. The lowest BCUT2D eigenvalue weighted by atomic mass is 10.0. The summed E-state index contributed by atoms with van der Waals surface area (Å²) in [4.78, 5) is 0. The van der Waals surface area contributed by atoms with Gasteiger partial charge in [-0.1, -0.05) is 293 Å². The first-order valence-corrected chi connectivity index (χ1v) is 41.3. The second-order valence-electron chi connectivity index (χ2n) is 33.5. The van der Waals surface area contributed by atoms with Gasteiger partial charge in [0.1, 0.15) is 0 Å². The molecule has 0 saturated carbocycles. The topological polar surface area (TPSA) is 154 Å². The molecule has 0 aliphatic carbocycles. The molecule has 0 aliphatic heterocycles. The molecule has 15 heteroatoms. The number of aryl methyl sites for hydroxylation is 10. The second kappa shape index (κ2) is 60.3. The Morgan fingerprint density at radius 1 is 0.224 bits per heavy atom. The minimum atomic E-state index is 0.780. The van der Waals surface area contributed by atoms with Gasteiger partial charge in [-0.25, -0.2) is 14.0 Å². The SMILES string of the molecule is CC(C)CCCCCCc1cnnn1CCCC(C)C.CC(C)CCCCCCc1cnnn1CCCC(C)C.CC(C)CCCCCc1cn(CCCC(C)C)nn1.CC(C)CCCCCn1cc(CCCC(C)C)nn1.CC(C)CCCCCn1nncc1CCCCC(C)C. The Kier molecular flexibility index (Phi) is 56.4. The Labute approximate surface area is 605 Å². The van der Waals surface area contributed by atoms with Crippen LogP contribution in [-0.2, 0) is 64.8 Å². The van der Waals surface area contributed by atoms with E-state index in [1.807, 2.05) is 28.0 Å². The predicted octanol–water partition coefficient (Wildman–Crippen LogP) is 23.5. The number of unbranched alkanes of at least 4 members (excludes halogenated alkanes) is 13. The Morgan fingerprint density at radius 2 is 0.449 bits per heavy atom. The van der Waals surface area contributed by atoms with Crippen molar-refractivity contribution in [2.75, 3.05) is 0 Å². The first kappa shape index (κ1) is 91.7. The fraction of sp³-hybridized carbons (Fsp3) is 0.880. The molecular formula is C83H161N15. The van der Waals surface area contributed by atoms with Crippen LogP contribution in [0.2, 0.25) is 0 Å². The lowest BCUT2D eigenvalue weighted by Crippen LogP contribution is -2.06. The molecule has 5 heterocycles. The standard InChI is InChI=1S/3C17H33N3.2C16H31N3/c1-15(2)10-6-5-9-13-20-17(14-18-19-20)12-8-7-11-16(3)4;2*1-15(2)10-7-5-6-8-12-17-14-18-19-20(17)13-9-11-16(3)4;1-14(2)9-6-5-7-12-19-13-16(17-18-19)11-8-10-15(3)4;1-14(2)9-6-5-7-11-16-13-19(18-17-16)12-8-10-15(3)4/h3*14-16H,5-13H2,1-4H3;2*13-15H,5-12H2,1-4H3. The van der Waals surface area contributed by atoms with Gasteiger partial charge in [0.15, 0.2) is 0 Å². The van der Waals surface area contributed by atoms with Crippen molar-refractivity contribution in [3.05, 3.63) is 59.5 Å². The van der Waals surface area contributed by atoms with Gasteiger partial charge in [0, 0.05) is 45.1 Å². The smallest absolute Gasteiger partial charge is 0.0827 e. The maximum Gasteiger partial charge on any atom is 0.0827 e. The van der Waals surface area contributed by atoms with Crippen molar-refractivity contribution in [3.63, 3.8) is 0 Å².